The van der Waals surface area contributed by atoms with E-state index in [0.717, 1.165) is 25.9 Å². The van der Waals surface area contributed by atoms with Gasteiger partial charge in [0.1, 0.15) is 6.17 Å². The molecule has 0 aliphatic carbocycles. The van der Waals surface area contributed by atoms with Crippen LogP contribution in [-0.2, 0) is 4.74 Å². The Morgan fingerprint density at radius 1 is 1.50 bits per heavy atom. The lowest BCUT2D eigenvalue weighted by atomic mass is 9.99. The third kappa shape index (κ3) is 4.35. The van der Waals surface area contributed by atoms with Crippen LogP contribution < -0.4 is 5.84 Å². The fourth-order valence-corrected chi connectivity index (χ4v) is 1.60. The lowest BCUT2D eigenvalue weighted by molar-refractivity contribution is 0.0367. The average Bonchev–Trinajstić information content (AvgIpc) is 2.21. The van der Waals surface area contributed by atoms with Crippen molar-refractivity contribution in [3.63, 3.8) is 0 Å². The largest absolute Gasteiger partial charge is 0.378 e. The molecular formula is C10H21FN2O. The first-order valence-electron chi connectivity index (χ1n) is 5.43. The Hall–Kier alpha value is -0.190. The maximum Gasteiger partial charge on any atom is 0.123 e. The van der Waals surface area contributed by atoms with Gasteiger partial charge in [0, 0.05) is 19.7 Å². The van der Waals surface area contributed by atoms with E-state index < -0.39 is 6.17 Å². The van der Waals surface area contributed by atoms with Gasteiger partial charge >= 0.3 is 0 Å². The van der Waals surface area contributed by atoms with Gasteiger partial charge in [0.2, 0.25) is 0 Å². The average molecular weight is 204 g/mol. The molecule has 0 unspecified atom stereocenters. The van der Waals surface area contributed by atoms with Gasteiger partial charge in [-0.25, -0.2) is 9.40 Å². The summed E-state index contributed by atoms with van der Waals surface area (Å²) in [5.41, 5.74) is 0. The molecule has 84 valence electrons. The zero-order chi connectivity index (χ0) is 10.4. The van der Waals surface area contributed by atoms with Crippen LogP contribution in [0.2, 0.25) is 0 Å². The van der Waals surface area contributed by atoms with Gasteiger partial charge in [0.25, 0.3) is 0 Å². The van der Waals surface area contributed by atoms with E-state index in [1.165, 1.54) is 0 Å². The predicted octanol–water partition coefficient (Wildman–Crippen LogP) is 1.34. The molecule has 0 bridgehead atoms. The molecule has 1 atom stereocenters. The fourth-order valence-electron chi connectivity index (χ4n) is 1.60. The van der Waals surface area contributed by atoms with Gasteiger partial charge in [-0.05, 0) is 25.2 Å². The third-order valence-corrected chi connectivity index (χ3v) is 2.74. The minimum absolute atomic E-state index is 0.249. The lowest BCUT2D eigenvalue weighted by Gasteiger charge is -2.28. The monoisotopic (exact) mass is 204 g/mol. The highest BCUT2D eigenvalue weighted by Gasteiger charge is 2.17. The highest BCUT2D eigenvalue weighted by Crippen LogP contribution is 2.15. The summed E-state index contributed by atoms with van der Waals surface area (Å²) in [6, 6.07) is 0. The topological polar surface area (TPSA) is 38.5 Å². The normalized spacial score (nSPS) is 22.5. The van der Waals surface area contributed by atoms with Crippen LogP contribution in [0.25, 0.3) is 0 Å². The van der Waals surface area contributed by atoms with E-state index in [0.29, 0.717) is 18.9 Å². The van der Waals surface area contributed by atoms with Crippen LogP contribution in [0.15, 0.2) is 0 Å². The zero-order valence-corrected chi connectivity index (χ0v) is 8.92. The molecule has 14 heavy (non-hydrogen) atoms. The molecule has 0 saturated carbocycles. The van der Waals surface area contributed by atoms with E-state index in [1.807, 2.05) is 11.9 Å². The van der Waals surface area contributed by atoms with Gasteiger partial charge in [-0.2, -0.15) is 0 Å². The van der Waals surface area contributed by atoms with Crippen LogP contribution in [0, 0.1) is 5.92 Å². The van der Waals surface area contributed by atoms with Crippen molar-refractivity contribution in [3.8, 4) is 0 Å². The van der Waals surface area contributed by atoms with Gasteiger partial charge in [-0.3, -0.25) is 5.84 Å². The first-order valence-corrected chi connectivity index (χ1v) is 5.43. The summed E-state index contributed by atoms with van der Waals surface area (Å²) in [5, 5.41) is 1.83. The molecule has 1 aliphatic heterocycles. The van der Waals surface area contributed by atoms with Crippen molar-refractivity contribution >= 4 is 0 Å². The minimum atomic E-state index is -0.801. The number of alkyl halides is 1. The van der Waals surface area contributed by atoms with Gasteiger partial charge in [0.15, 0.2) is 0 Å². The highest BCUT2D eigenvalue weighted by atomic mass is 19.1. The number of rotatable bonds is 5. The molecule has 0 amide bonds. The fraction of sp³-hybridized carbons (Fsp3) is 1.00. The smallest absolute Gasteiger partial charge is 0.123 e. The molecule has 0 spiro atoms. The second kappa shape index (κ2) is 6.32. The Bertz CT molecular complexity index is 149. The summed E-state index contributed by atoms with van der Waals surface area (Å²) in [7, 11) is 0. The molecular weight excluding hydrogens is 183 g/mol. The molecule has 1 heterocycles. The quantitative estimate of drug-likeness (QED) is 0.687. The minimum Gasteiger partial charge on any atom is -0.378 e. The SMILES string of the molecule is CC[C@@H](F)COCC1CCN(N)CC1. The van der Waals surface area contributed by atoms with Crippen LogP contribution in [0.1, 0.15) is 26.2 Å². The molecule has 3 nitrogen and oxygen atoms in total. The van der Waals surface area contributed by atoms with Crippen molar-refractivity contribution in [1.29, 1.82) is 0 Å². The Morgan fingerprint density at radius 3 is 2.71 bits per heavy atom. The lowest BCUT2D eigenvalue weighted by Crippen LogP contribution is -2.39. The number of hydrazine groups is 1. The molecule has 0 radical (unpaired) electrons. The third-order valence-electron chi connectivity index (χ3n) is 2.74. The summed E-state index contributed by atoms with van der Waals surface area (Å²) in [5.74, 6) is 6.20. The van der Waals surface area contributed by atoms with Gasteiger partial charge in [-0.1, -0.05) is 6.92 Å². The number of piperidine rings is 1. The Balaban J connectivity index is 2.02. The number of hydrogen-bond donors (Lipinski definition) is 1. The molecule has 2 N–H and O–H groups in total. The predicted molar refractivity (Wildman–Crippen MR) is 54.5 cm³/mol. The molecule has 0 aromatic rings. The van der Waals surface area contributed by atoms with E-state index in [-0.39, 0.29) is 6.61 Å². The standard InChI is InChI=1S/C10H21FN2O/c1-2-10(11)8-14-7-9-3-5-13(12)6-4-9/h9-10H,2-8,12H2,1H3/t10-/m1/s1. The Kier molecular flexibility index (Phi) is 5.37. The number of ether oxygens (including phenoxy) is 1. The zero-order valence-electron chi connectivity index (χ0n) is 8.92. The van der Waals surface area contributed by atoms with Crippen molar-refractivity contribution in [1.82, 2.24) is 5.01 Å². The van der Waals surface area contributed by atoms with E-state index in [2.05, 4.69) is 0 Å². The van der Waals surface area contributed by atoms with Crippen molar-refractivity contribution in [3.05, 3.63) is 0 Å². The molecule has 0 aromatic carbocycles. The summed E-state index contributed by atoms with van der Waals surface area (Å²) < 4.78 is 18.1. The van der Waals surface area contributed by atoms with E-state index in [1.54, 1.807) is 0 Å². The Morgan fingerprint density at radius 2 is 2.14 bits per heavy atom. The van der Waals surface area contributed by atoms with Crippen molar-refractivity contribution in [2.45, 2.75) is 32.4 Å². The summed E-state index contributed by atoms with van der Waals surface area (Å²) in [6.07, 6.45) is 1.88. The van der Waals surface area contributed by atoms with E-state index in [9.17, 15) is 4.39 Å². The Labute approximate surface area is 85.4 Å². The summed E-state index contributed by atoms with van der Waals surface area (Å²) >= 11 is 0. The second-order valence-electron chi connectivity index (χ2n) is 4.02. The van der Waals surface area contributed by atoms with Gasteiger partial charge in [-0.15, -0.1) is 0 Å². The van der Waals surface area contributed by atoms with E-state index >= 15 is 0 Å². The first-order chi connectivity index (χ1) is 6.72. The van der Waals surface area contributed by atoms with Crippen LogP contribution >= 0.6 is 0 Å². The van der Waals surface area contributed by atoms with Crippen LogP contribution in [0.4, 0.5) is 4.39 Å². The number of nitrogens with zero attached hydrogens (tertiary/aromatic N) is 1. The molecule has 4 heteroatoms. The van der Waals surface area contributed by atoms with Crippen LogP contribution in [0.5, 0.6) is 0 Å². The van der Waals surface area contributed by atoms with Crippen molar-refractivity contribution in [2.75, 3.05) is 26.3 Å². The van der Waals surface area contributed by atoms with Gasteiger partial charge in [0.05, 0.1) is 6.61 Å². The molecule has 1 rings (SSSR count). The molecule has 1 fully saturated rings. The molecule has 1 aliphatic rings. The summed E-state index contributed by atoms with van der Waals surface area (Å²) in [4.78, 5) is 0. The number of nitrogens with two attached hydrogens (primary N) is 1. The maximum absolute atomic E-state index is 12.8. The molecule has 0 aromatic heterocycles. The van der Waals surface area contributed by atoms with E-state index in [4.69, 9.17) is 10.6 Å². The van der Waals surface area contributed by atoms with Crippen molar-refractivity contribution in [2.24, 2.45) is 11.8 Å². The van der Waals surface area contributed by atoms with Crippen LogP contribution in [0.3, 0.4) is 0 Å². The number of halogens is 1. The summed E-state index contributed by atoms with van der Waals surface area (Å²) in [6.45, 7) is 4.64. The van der Waals surface area contributed by atoms with Crippen LogP contribution in [-0.4, -0.2) is 37.5 Å². The maximum atomic E-state index is 12.8. The van der Waals surface area contributed by atoms with Crippen molar-refractivity contribution < 1.29 is 9.13 Å². The second-order valence-corrected chi connectivity index (χ2v) is 4.02. The number of hydrogen-bond acceptors (Lipinski definition) is 3. The molecule has 1 saturated heterocycles. The van der Waals surface area contributed by atoms with Gasteiger partial charge < -0.3 is 4.74 Å². The first kappa shape index (κ1) is 11.9. The highest BCUT2D eigenvalue weighted by molar-refractivity contribution is 4.68.